The third-order valence-corrected chi connectivity index (χ3v) is 2.19. The van der Waals surface area contributed by atoms with Gasteiger partial charge in [0.05, 0.1) is 9.95 Å². The number of nitro benzene ring substituents is 1. The maximum absolute atomic E-state index is 10.7. The number of nitrogens with one attached hydrogen (secondary N) is 1. The van der Waals surface area contributed by atoms with Gasteiger partial charge in [-0.1, -0.05) is 17.7 Å². The maximum Gasteiger partial charge on any atom is 0.293 e. The molecule has 0 atom stereocenters. The van der Waals surface area contributed by atoms with Crippen molar-refractivity contribution in [2.75, 3.05) is 18.4 Å². The van der Waals surface area contributed by atoms with Gasteiger partial charge in [0.25, 0.3) is 5.69 Å². The highest BCUT2D eigenvalue weighted by Gasteiger charge is 2.15. The number of nitrogens with zero attached hydrogens (tertiary/aromatic N) is 1. The normalized spacial score (nSPS) is 10.0. The molecule has 0 heterocycles. The highest BCUT2D eigenvalue weighted by atomic mass is 35.5. The van der Waals surface area contributed by atoms with E-state index in [1.54, 1.807) is 12.1 Å². The smallest absolute Gasteiger partial charge is 0.293 e. The molecule has 0 spiro atoms. The third kappa shape index (κ3) is 3.07. The van der Waals surface area contributed by atoms with Gasteiger partial charge in [0.2, 0.25) is 0 Å². The number of halogens is 1. The minimum atomic E-state index is -0.462. The fourth-order valence-corrected chi connectivity index (χ4v) is 1.39. The Morgan fingerprint density at radius 3 is 2.87 bits per heavy atom. The average molecular weight is 230 g/mol. The number of para-hydroxylation sites is 1. The Balaban J connectivity index is 2.87. The SMILES string of the molecule is NCCCNc1c(Cl)cccc1[N+](=O)[O-]. The van der Waals surface area contributed by atoms with Crippen molar-refractivity contribution < 1.29 is 4.92 Å². The van der Waals surface area contributed by atoms with E-state index < -0.39 is 4.92 Å². The first-order valence-corrected chi connectivity index (χ1v) is 4.91. The van der Waals surface area contributed by atoms with Crippen LogP contribution in [0.25, 0.3) is 0 Å². The summed E-state index contributed by atoms with van der Waals surface area (Å²) >= 11 is 5.85. The molecule has 1 aromatic carbocycles. The molecule has 1 rings (SSSR count). The first-order chi connectivity index (χ1) is 7.16. The molecule has 0 radical (unpaired) electrons. The molecule has 0 bridgehead atoms. The second kappa shape index (κ2) is 5.53. The van der Waals surface area contributed by atoms with Crippen LogP contribution in [0.1, 0.15) is 6.42 Å². The largest absolute Gasteiger partial charge is 0.378 e. The van der Waals surface area contributed by atoms with E-state index in [-0.39, 0.29) is 5.69 Å². The molecule has 0 saturated heterocycles. The first-order valence-electron chi connectivity index (χ1n) is 4.53. The van der Waals surface area contributed by atoms with Gasteiger partial charge >= 0.3 is 0 Å². The predicted octanol–water partition coefficient (Wildman–Crippen LogP) is 2.01. The summed E-state index contributed by atoms with van der Waals surface area (Å²) in [5, 5.41) is 13.9. The van der Waals surface area contributed by atoms with Gasteiger partial charge in [-0.05, 0) is 19.0 Å². The molecular weight excluding hydrogens is 218 g/mol. The molecule has 0 amide bonds. The lowest BCUT2D eigenvalue weighted by molar-refractivity contribution is -0.383. The number of hydrogen-bond acceptors (Lipinski definition) is 4. The van der Waals surface area contributed by atoms with Crippen LogP contribution in [0.4, 0.5) is 11.4 Å². The van der Waals surface area contributed by atoms with E-state index in [1.807, 2.05) is 0 Å². The molecule has 1 aromatic rings. The summed E-state index contributed by atoms with van der Waals surface area (Å²) < 4.78 is 0. The summed E-state index contributed by atoms with van der Waals surface area (Å²) in [5.41, 5.74) is 5.67. The zero-order valence-corrected chi connectivity index (χ0v) is 8.83. The van der Waals surface area contributed by atoms with Gasteiger partial charge < -0.3 is 11.1 Å². The lowest BCUT2D eigenvalue weighted by Gasteiger charge is -2.07. The van der Waals surface area contributed by atoms with Crippen LogP contribution in [0.15, 0.2) is 18.2 Å². The fourth-order valence-electron chi connectivity index (χ4n) is 1.16. The van der Waals surface area contributed by atoms with E-state index in [4.69, 9.17) is 17.3 Å². The number of nitrogens with two attached hydrogens (primary N) is 1. The number of benzene rings is 1. The number of nitro groups is 1. The zero-order valence-electron chi connectivity index (χ0n) is 8.07. The second-order valence-corrected chi connectivity index (χ2v) is 3.37. The Hall–Kier alpha value is -1.33. The van der Waals surface area contributed by atoms with Crippen LogP contribution in [0, 0.1) is 10.1 Å². The lowest BCUT2D eigenvalue weighted by Crippen LogP contribution is -2.09. The van der Waals surface area contributed by atoms with Gasteiger partial charge in [-0.2, -0.15) is 0 Å². The maximum atomic E-state index is 10.7. The summed E-state index contributed by atoms with van der Waals surface area (Å²) in [6, 6.07) is 4.57. The molecule has 5 nitrogen and oxygen atoms in total. The van der Waals surface area contributed by atoms with Crippen LogP contribution < -0.4 is 11.1 Å². The van der Waals surface area contributed by atoms with E-state index >= 15 is 0 Å². The van der Waals surface area contributed by atoms with Crippen molar-refractivity contribution in [3.8, 4) is 0 Å². The first kappa shape index (κ1) is 11.7. The molecule has 0 fully saturated rings. The van der Waals surface area contributed by atoms with Gasteiger partial charge in [-0.25, -0.2) is 0 Å². The van der Waals surface area contributed by atoms with Crippen molar-refractivity contribution in [1.29, 1.82) is 0 Å². The zero-order chi connectivity index (χ0) is 11.3. The average Bonchev–Trinajstić information content (AvgIpc) is 2.20. The number of anilines is 1. The van der Waals surface area contributed by atoms with Gasteiger partial charge in [-0.15, -0.1) is 0 Å². The molecule has 15 heavy (non-hydrogen) atoms. The molecule has 3 N–H and O–H groups in total. The minimum absolute atomic E-state index is 0.0143. The van der Waals surface area contributed by atoms with E-state index in [1.165, 1.54) is 6.07 Å². The van der Waals surface area contributed by atoms with E-state index in [2.05, 4.69) is 5.32 Å². The summed E-state index contributed by atoms with van der Waals surface area (Å²) in [5.74, 6) is 0. The Labute approximate surface area is 92.4 Å². The number of rotatable bonds is 5. The van der Waals surface area contributed by atoms with Crippen molar-refractivity contribution in [2.24, 2.45) is 5.73 Å². The third-order valence-electron chi connectivity index (χ3n) is 1.87. The van der Waals surface area contributed by atoms with Crippen molar-refractivity contribution in [3.05, 3.63) is 33.3 Å². The minimum Gasteiger partial charge on any atom is -0.378 e. The molecule has 0 aromatic heterocycles. The van der Waals surface area contributed by atoms with Gasteiger partial charge in [0, 0.05) is 12.6 Å². The molecule has 0 aliphatic rings. The quantitative estimate of drug-likeness (QED) is 0.460. The fraction of sp³-hybridized carbons (Fsp3) is 0.333. The molecule has 0 saturated carbocycles. The number of hydrogen-bond donors (Lipinski definition) is 2. The van der Waals surface area contributed by atoms with Crippen LogP contribution in [-0.4, -0.2) is 18.0 Å². The van der Waals surface area contributed by atoms with Gasteiger partial charge in [0.15, 0.2) is 0 Å². The monoisotopic (exact) mass is 229 g/mol. The highest BCUT2D eigenvalue weighted by Crippen LogP contribution is 2.31. The summed E-state index contributed by atoms with van der Waals surface area (Å²) in [4.78, 5) is 10.2. The topological polar surface area (TPSA) is 81.2 Å². The summed E-state index contributed by atoms with van der Waals surface area (Å²) in [6.07, 6.45) is 0.738. The predicted molar refractivity (Wildman–Crippen MR) is 60.3 cm³/mol. The molecule has 0 aliphatic heterocycles. The molecule has 0 unspecified atom stereocenters. The van der Waals surface area contributed by atoms with Gasteiger partial charge in [0.1, 0.15) is 5.69 Å². The summed E-state index contributed by atoms with van der Waals surface area (Å²) in [7, 11) is 0. The highest BCUT2D eigenvalue weighted by molar-refractivity contribution is 6.33. The van der Waals surface area contributed by atoms with Crippen molar-refractivity contribution in [1.82, 2.24) is 0 Å². The summed E-state index contributed by atoms with van der Waals surface area (Å²) in [6.45, 7) is 1.10. The van der Waals surface area contributed by atoms with Crippen molar-refractivity contribution in [2.45, 2.75) is 6.42 Å². The Bertz CT molecular complexity index is 357. The van der Waals surface area contributed by atoms with Crippen LogP contribution in [0.5, 0.6) is 0 Å². The van der Waals surface area contributed by atoms with Crippen LogP contribution in [-0.2, 0) is 0 Å². The standard InChI is InChI=1S/C9H12ClN3O2/c10-7-3-1-4-8(13(14)15)9(7)12-6-2-5-11/h1,3-4,12H,2,5-6,11H2. The Kier molecular flexibility index (Phi) is 4.33. The van der Waals surface area contributed by atoms with Crippen molar-refractivity contribution in [3.63, 3.8) is 0 Å². The second-order valence-electron chi connectivity index (χ2n) is 2.96. The van der Waals surface area contributed by atoms with Crippen LogP contribution in [0.3, 0.4) is 0 Å². The molecular formula is C9H12ClN3O2. The molecule has 0 aliphatic carbocycles. The van der Waals surface area contributed by atoms with Crippen molar-refractivity contribution >= 4 is 23.0 Å². The van der Waals surface area contributed by atoms with Crippen LogP contribution >= 0.6 is 11.6 Å². The Morgan fingerprint density at radius 1 is 1.53 bits per heavy atom. The van der Waals surface area contributed by atoms with E-state index in [0.717, 1.165) is 6.42 Å². The van der Waals surface area contributed by atoms with Gasteiger partial charge in [-0.3, -0.25) is 10.1 Å². The lowest BCUT2D eigenvalue weighted by atomic mass is 10.2. The van der Waals surface area contributed by atoms with E-state index in [0.29, 0.717) is 23.8 Å². The molecule has 6 heteroatoms. The van der Waals surface area contributed by atoms with E-state index in [9.17, 15) is 10.1 Å². The van der Waals surface area contributed by atoms with Crippen LogP contribution in [0.2, 0.25) is 5.02 Å². The molecule has 82 valence electrons. The Morgan fingerprint density at radius 2 is 2.27 bits per heavy atom.